The second-order valence-electron chi connectivity index (χ2n) is 5.38. The lowest BCUT2D eigenvalue weighted by atomic mass is 10.2. The van der Waals surface area contributed by atoms with Crippen LogP contribution in [-0.2, 0) is 21.2 Å². The van der Waals surface area contributed by atoms with Gasteiger partial charge >= 0.3 is 0 Å². The Bertz CT molecular complexity index is 643. The molecule has 1 aliphatic heterocycles. The monoisotopic (exact) mass is 311 g/mol. The quantitative estimate of drug-likeness (QED) is 0.833. The van der Waals surface area contributed by atoms with E-state index in [4.69, 9.17) is 5.14 Å². The molecule has 0 saturated carbocycles. The molecular weight excluding hydrogens is 290 g/mol. The van der Waals surface area contributed by atoms with Crippen molar-refractivity contribution in [2.45, 2.75) is 37.6 Å². The molecule has 1 amide bonds. The van der Waals surface area contributed by atoms with Crippen LogP contribution in [-0.4, -0.2) is 33.5 Å². The molecule has 1 atom stereocenters. The average molecular weight is 311 g/mol. The predicted molar refractivity (Wildman–Crippen MR) is 81.6 cm³/mol. The number of rotatable bonds is 5. The van der Waals surface area contributed by atoms with Gasteiger partial charge in [0.1, 0.15) is 0 Å². The Labute approximate surface area is 125 Å². The highest BCUT2D eigenvalue weighted by Gasteiger charge is 2.23. The molecule has 1 aliphatic rings. The Balaban J connectivity index is 2.11. The predicted octanol–water partition coefficient (Wildman–Crippen LogP) is 0.611. The largest absolute Gasteiger partial charge is 0.362 e. The van der Waals surface area contributed by atoms with Crippen LogP contribution in [0.3, 0.4) is 0 Å². The highest BCUT2D eigenvalue weighted by molar-refractivity contribution is 7.89. The number of carbonyl (C=O) groups excluding carboxylic acids is 1. The molecule has 1 aromatic carbocycles. The molecule has 0 unspecified atom stereocenters. The van der Waals surface area contributed by atoms with Gasteiger partial charge < -0.3 is 10.2 Å². The number of hydrogen-bond acceptors (Lipinski definition) is 4. The lowest BCUT2D eigenvalue weighted by Gasteiger charge is -2.20. The summed E-state index contributed by atoms with van der Waals surface area (Å²) in [5, 5.41) is 8.06. The first-order valence-corrected chi connectivity index (χ1v) is 8.56. The normalized spacial score (nSPS) is 15.7. The van der Waals surface area contributed by atoms with Crippen molar-refractivity contribution in [3.63, 3.8) is 0 Å². The number of nitrogens with zero attached hydrogens (tertiary/aromatic N) is 1. The van der Waals surface area contributed by atoms with Crippen LogP contribution in [0.5, 0.6) is 0 Å². The van der Waals surface area contributed by atoms with Crippen molar-refractivity contribution in [1.29, 1.82) is 0 Å². The van der Waals surface area contributed by atoms with E-state index >= 15 is 0 Å². The fraction of sp³-hybridized carbons (Fsp3) is 0.500. The number of fused-ring (bicyclic) bond motifs is 1. The van der Waals surface area contributed by atoms with Crippen LogP contribution in [0.2, 0.25) is 0 Å². The van der Waals surface area contributed by atoms with Crippen LogP contribution in [0.15, 0.2) is 23.1 Å². The van der Waals surface area contributed by atoms with E-state index < -0.39 is 10.0 Å². The molecule has 0 aliphatic carbocycles. The second-order valence-corrected chi connectivity index (χ2v) is 6.95. The molecule has 1 heterocycles. The number of hydrogen-bond donors (Lipinski definition) is 2. The fourth-order valence-electron chi connectivity index (χ4n) is 2.38. The topological polar surface area (TPSA) is 92.5 Å². The summed E-state index contributed by atoms with van der Waals surface area (Å²) in [6.07, 6.45) is 1.61. The molecule has 0 saturated heterocycles. The summed E-state index contributed by atoms with van der Waals surface area (Å²) in [4.78, 5) is 14.0. The molecule has 0 fully saturated rings. The summed E-state index contributed by atoms with van der Waals surface area (Å²) >= 11 is 0. The summed E-state index contributed by atoms with van der Waals surface area (Å²) in [6, 6.07) is 4.96. The van der Waals surface area contributed by atoms with E-state index in [1.165, 1.54) is 6.07 Å². The number of sulfonamides is 1. The first kappa shape index (κ1) is 15.8. The zero-order chi connectivity index (χ0) is 15.6. The average Bonchev–Trinajstić information content (AvgIpc) is 2.80. The minimum absolute atomic E-state index is 0.0206. The van der Waals surface area contributed by atoms with Gasteiger partial charge in [0, 0.05) is 18.3 Å². The summed E-state index contributed by atoms with van der Waals surface area (Å²) < 4.78 is 22.7. The van der Waals surface area contributed by atoms with Gasteiger partial charge in [0.05, 0.1) is 11.4 Å². The van der Waals surface area contributed by atoms with Gasteiger partial charge in [0.15, 0.2) is 0 Å². The molecule has 0 spiro atoms. The van der Waals surface area contributed by atoms with E-state index in [0.717, 1.165) is 24.1 Å². The van der Waals surface area contributed by atoms with Gasteiger partial charge in [0.2, 0.25) is 15.9 Å². The van der Waals surface area contributed by atoms with Gasteiger partial charge in [-0.3, -0.25) is 4.79 Å². The van der Waals surface area contributed by atoms with Crippen LogP contribution in [0, 0.1) is 0 Å². The Kier molecular flexibility index (Phi) is 4.53. The maximum Gasteiger partial charge on any atom is 0.239 e. The van der Waals surface area contributed by atoms with Crippen molar-refractivity contribution < 1.29 is 13.2 Å². The molecule has 3 N–H and O–H groups in total. The lowest BCUT2D eigenvalue weighted by Crippen LogP contribution is -2.40. The SMILES string of the molecule is CC[C@H](C)NC(=O)CN1CCc2cc(S(N)(=O)=O)ccc21. The molecule has 1 aromatic rings. The first-order chi connectivity index (χ1) is 9.81. The van der Waals surface area contributed by atoms with Crippen molar-refractivity contribution in [3.8, 4) is 0 Å². The number of anilines is 1. The van der Waals surface area contributed by atoms with E-state index in [1.807, 2.05) is 18.7 Å². The number of nitrogens with two attached hydrogens (primary N) is 1. The highest BCUT2D eigenvalue weighted by atomic mass is 32.2. The van der Waals surface area contributed by atoms with E-state index in [0.29, 0.717) is 6.54 Å². The summed E-state index contributed by atoms with van der Waals surface area (Å²) in [6.45, 7) is 4.97. The van der Waals surface area contributed by atoms with Crippen molar-refractivity contribution in [1.82, 2.24) is 5.32 Å². The Hall–Kier alpha value is -1.60. The van der Waals surface area contributed by atoms with E-state index in [9.17, 15) is 13.2 Å². The summed E-state index contributed by atoms with van der Waals surface area (Å²) in [5.74, 6) is -0.0206. The van der Waals surface area contributed by atoms with E-state index in [2.05, 4.69) is 5.32 Å². The Morgan fingerprint density at radius 1 is 1.48 bits per heavy atom. The first-order valence-electron chi connectivity index (χ1n) is 7.01. The number of primary sulfonamides is 1. The third-order valence-electron chi connectivity index (χ3n) is 3.73. The van der Waals surface area contributed by atoms with E-state index in [-0.39, 0.29) is 23.4 Å². The van der Waals surface area contributed by atoms with Gasteiger partial charge in [-0.2, -0.15) is 0 Å². The second kappa shape index (κ2) is 6.03. The fourth-order valence-corrected chi connectivity index (χ4v) is 2.95. The van der Waals surface area contributed by atoms with Gasteiger partial charge in [-0.05, 0) is 43.5 Å². The molecule has 0 radical (unpaired) electrons. The Morgan fingerprint density at radius 2 is 2.19 bits per heavy atom. The molecular formula is C14H21N3O3S. The molecule has 6 nitrogen and oxygen atoms in total. The zero-order valence-electron chi connectivity index (χ0n) is 12.3. The summed E-state index contributed by atoms with van der Waals surface area (Å²) in [5.41, 5.74) is 1.82. The summed E-state index contributed by atoms with van der Waals surface area (Å²) in [7, 11) is -3.68. The molecule has 7 heteroatoms. The molecule has 0 bridgehead atoms. The van der Waals surface area contributed by atoms with Crippen molar-refractivity contribution >= 4 is 21.6 Å². The van der Waals surface area contributed by atoms with Gasteiger partial charge in [-0.25, -0.2) is 13.6 Å². The van der Waals surface area contributed by atoms with Crippen LogP contribution in [0.25, 0.3) is 0 Å². The highest BCUT2D eigenvalue weighted by Crippen LogP contribution is 2.29. The molecule has 0 aromatic heterocycles. The number of nitrogens with one attached hydrogen (secondary N) is 1. The number of carbonyl (C=O) groups is 1. The maximum atomic E-state index is 11.9. The third-order valence-corrected chi connectivity index (χ3v) is 4.64. The molecule has 116 valence electrons. The van der Waals surface area contributed by atoms with Crippen LogP contribution < -0.4 is 15.4 Å². The smallest absolute Gasteiger partial charge is 0.239 e. The van der Waals surface area contributed by atoms with Crippen molar-refractivity contribution in [2.75, 3.05) is 18.0 Å². The number of benzene rings is 1. The maximum absolute atomic E-state index is 11.9. The minimum Gasteiger partial charge on any atom is -0.362 e. The zero-order valence-corrected chi connectivity index (χ0v) is 13.1. The minimum atomic E-state index is -3.68. The van der Waals surface area contributed by atoms with E-state index in [1.54, 1.807) is 12.1 Å². The van der Waals surface area contributed by atoms with Crippen molar-refractivity contribution in [2.24, 2.45) is 5.14 Å². The van der Waals surface area contributed by atoms with Gasteiger partial charge in [-0.15, -0.1) is 0 Å². The van der Waals surface area contributed by atoms with Gasteiger partial charge in [-0.1, -0.05) is 6.92 Å². The van der Waals surface area contributed by atoms with Gasteiger partial charge in [0.25, 0.3) is 0 Å². The Morgan fingerprint density at radius 3 is 2.81 bits per heavy atom. The van der Waals surface area contributed by atoms with Crippen LogP contribution in [0.4, 0.5) is 5.69 Å². The third kappa shape index (κ3) is 3.74. The lowest BCUT2D eigenvalue weighted by molar-refractivity contribution is -0.120. The van der Waals surface area contributed by atoms with Crippen LogP contribution in [0.1, 0.15) is 25.8 Å². The van der Waals surface area contributed by atoms with Crippen LogP contribution >= 0.6 is 0 Å². The number of amides is 1. The molecule has 2 rings (SSSR count). The molecule has 21 heavy (non-hydrogen) atoms. The van der Waals surface area contributed by atoms with Crippen molar-refractivity contribution in [3.05, 3.63) is 23.8 Å². The standard InChI is InChI=1S/C14H21N3O3S/c1-3-10(2)16-14(18)9-17-7-6-11-8-12(21(15,19)20)4-5-13(11)17/h4-5,8,10H,3,6-7,9H2,1-2H3,(H,16,18)(H2,15,19,20)/t10-/m0/s1.